The number of carbonyl (C=O) groups is 1. The summed E-state index contributed by atoms with van der Waals surface area (Å²) in [5.74, 6) is -0.929. The molecule has 2 atom stereocenters. The van der Waals surface area contributed by atoms with Gasteiger partial charge in [0.15, 0.2) is 0 Å². The molecule has 1 aliphatic rings. The Kier molecular flexibility index (Phi) is 3.96. The summed E-state index contributed by atoms with van der Waals surface area (Å²) in [6.07, 6.45) is -4.43. The van der Waals surface area contributed by atoms with Crippen molar-refractivity contribution in [2.75, 3.05) is 6.54 Å². The van der Waals surface area contributed by atoms with E-state index in [-0.39, 0.29) is 12.1 Å². The molecular formula is C9H15F3N2O. The molecule has 0 spiro atoms. The van der Waals surface area contributed by atoms with Gasteiger partial charge >= 0.3 is 6.18 Å². The van der Waals surface area contributed by atoms with E-state index in [1.807, 2.05) is 6.92 Å². The van der Waals surface area contributed by atoms with Gasteiger partial charge in [-0.2, -0.15) is 13.2 Å². The van der Waals surface area contributed by atoms with Crippen LogP contribution in [0.5, 0.6) is 0 Å². The quantitative estimate of drug-likeness (QED) is 0.740. The highest BCUT2D eigenvalue weighted by Gasteiger charge is 2.32. The Hall–Kier alpha value is -0.780. The monoisotopic (exact) mass is 224 g/mol. The van der Waals surface area contributed by atoms with Gasteiger partial charge in [-0.3, -0.25) is 4.79 Å². The fourth-order valence-corrected chi connectivity index (χ4v) is 1.72. The van der Waals surface area contributed by atoms with E-state index in [1.165, 1.54) is 0 Å². The Morgan fingerprint density at radius 2 is 2.20 bits per heavy atom. The third-order valence-electron chi connectivity index (χ3n) is 2.35. The van der Waals surface area contributed by atoms with Crippen molar-refractivity contribution in [2.45, 2.75) is 44.4 Å². The fraction of sp³-hybridized carbons (Fsp3) is 0.889. The van der Waals surface area contributed by atoms with E-state index in [0.29, 0.717) is 12.8 Å². The van der Waals surface area contributed by atoms with E-state index in [9.17, 15) is 18.0 Å². The average Bonchev–Trinajstić information content (AvgIpc) is 1.99. The van der Waals surface area contributed by atoms with Gasteiger partial charge in [0.1, 0.15) is 6.42 Å². The van der Waals surface area contributed by atoms with Crippen molar-refractivity contribution < 1.29 is 18.0 Å². The van der Waals surface area contributed by atoms with Gasteiger partial charge in [-0.15, -0.1) is 0 Å². The molecule has 88 valence electrons. The first-order valence-corrected chi connectivity index (χ1v) is 4.96. The molecule has 1 rings (SSSR count). The van der Waals surface area contributed by atoms with E-state index < -0.39 is 18.5 Å². The summed E-state index contributed by atoms with van der Waals surface area (Å²) in [7, 11) is 0. The molecule has 0 radical (unpaired) electrons. The van der Waals surface area contributed by atoms with E-state index in [4.69, 9.17) is 0 Å². The largest absolute Gasteiger partial charge is 0.397 e. The van der Waals surface area contributed by atoms with Crippen molar-refractivity contribution in [2.24, 2.45) is 0 Å². The molecule has 0 bridgehead atoms. The first kappa shape index (κ1) is 12.3. The second-order valence-electron chi connectivity index (χ2n) is 3.94. The minimum Gasteiger partial charge on any atom is -0.353 e. The Morgan fingerprint density at radius 3 is 2.73 bits per heavy atom. The smallest absolute Gasteiger partial charge is 0.353 e. The van der Waals surface area contributed by atoms with Gasteiger partial charge in [0.25, 0.3) is 0 Å². The molecule has 1 heterocycles. The summed E-state index contributed by atoms with van der Waals surface area (Å²) < 4.78 is 35.6. The number of amides is 1. The number of piperidine rings is 1. The third-order valence-corrected chi connectivity index (χ3v) is 2.35. The molecular weight excluding hydrogens is 209 g/mol. The molecule has 1 saturated heterocycles. The Bertz CT molecular complexity index is 230. The van der Waals surface area contributed by atoms with Gasteiger partial charge in [-0.05, 0) is 26.3 Å². The lowest BCUT2D eigenvalue weighted by molar-refractivity contribution is -0.154. The average molecular weight is 224 g/mol. The zero-order chi connectivity index (χ0) is 11.5. The number of rotatable bonds is 2. The summed E-state index contributed by atoms with van der Waals surface area (Å²) in [5, 5.41) is 5.57. The van der Waals surface area contributed by atoms with Crippen molar-refractivity contribution in [3.8, 4) is 0 Å². The minimum absolute atomic E-state index is 0.129. The molecule has 2 unspecified atom stereocenters. The maximum atomic E-state index is 11.9. The summed E-state index contributed by atoms with van der Waals surface area (Å²) in [5.41, 5.74) is 0. The lowest BCUT2D eigenvalue weighted by Gasteiger charge is -2.28. The van der Waals surface area contributed by atoms with Crippen LogP contribution in [0.2, 0.25) is 0 Å². The number of carbonyl (C=O) groups excluding carboxylic acids is 1. The molecule has 0 aliphatic carbocycles. The molecule has 1 fully saturated rings. The van der Waals surface area contributed by atoms with Crippen LogP contribution in [-0.2, 0) is 4.79 Å². The summed E-state index contributed by atoms with van der Waals surface area (Å²) in [6, 6.07) is 0.117. The van der Waals surface area contributed by atoms with Gasteiger partial charge in [0.2, 0.25) is 5.91 Å². The normalized spacial score (nSPS) is 27.5. The number of hydrogen-bond acceptors (Lipinski definition) is 2. The highest BCUT2D eigenvalue weighted by Crippen LogP contribution is 2.19. The molecule has 2 N–H and O–H groups in total. The predicted molar refractivity (Wildman–Crippen MR) is 49.3 cm³/mol. The maximum Gasteiger partial charge on any atom is 0.397 e. The van der Waals surface area contributed by atoms with Gasteiger partial charge in [0, 0.05) is 12.1 Å². The molecule has 1 aliphatic heterocycles. The van der Waals surface area contributed by atoms with Crippen LogP contribution < -0.4 is 10.6 Å². The van der Waals surface area contributed by atoms with Crippen LogP contribution in [-0.4, -0.2) is 30.7 Å². The highest BCUT2D eigenvalue weighted by atomic mass is 19.4. The maximum absolute atomic E-state index is 11.9. The van der Waals surface area contributed by atoms with Crippen LogP contribution >= 0.6 is 0 Å². The standard InChI is InChI=1S/C9H15F3N2O/c1-6-4-7(2-3-13-6)14-8(15)5-9(10,11)12/h6-7,13H,2-5H2,1H3,(H,14,15). The van der Waals surface area contributed by atoms with Crippen molar-refractivity contribution in [3.05, 3.63) is 0 Å². The van der Waals surface area contributed by atoms with Crippen LogP contribution in [0, 0.1) is 0 Å². The predicted octanol–water partition coefficient (Wildman–Crippen LogP) is 1.20. The third kappa shape index (κ3) is 5.01. The molecule has 15 heavy (non-hydrogen) atoms. The zero-order valence-corrected chi connectivity index (χ0v) is 8.53. The van der Waals surface area contributed by atoms with E-state index in [0.717, 1.165) is 6.54 Å². The Balaban J connectivity index is 2.31. The van der Waals surface area contributed by atoms with Crippen LogP contribution in [0.4, 0.5) is 13.2 Å². The van der Waals surface area contributed by atoms with Crippen molar-refractivity contribution >= 4 is 5.91 Å². The second kappa shape index (κ2) is 4.83. The number of nitrogens with one attached hydrogen (secondary N) is 2. The molecule has 0 aromatic carbocycles. The van der Waals surface area contributed by atoms with Gasteiger partial charge < -0.3 is 10.6 Å². The summed E-state index contributed by atoms with van der Waals surface area (Å²) >= 11 is 0. The lowest BCUT2D eigenvalue weighted by atomic mass is 10.0. The molecule has 0 aromatic heterocycles. The lowest BCUT2D eigenvalue weighted by Crippen LogP contribution is -2.47. The topological polar surface area (TPSA) is 41.1 Å². The number of alkyl halides is 3. The minimum atomic E-state index is -4.41. The highest BCUT2D eigenvalue weighted by molar-refractivity contribution is 5.76. The van der Waals surface area contributed by atoms with Crippen LogP contribution in [0.1, 0.15) is 26.2 Å². The van der Waals surface area contributed by atoms with Gasteiger partial charge in [-0.25, -0.2) is 0 Å². The molecule has 0 saturated carbocycles. The molecule has 0 aromatic rings. The fourth-order valence-electron chi connectivity index (χ4n) is 1.72. The molecule has 3 nitrogen and oxygen atoms in total. The Labute approximate surface area is 86.4 Å². The number of halogens is 3. The number of hydrogen-bond donors (Lipinski definition) is 2. The van der Waals surface area contributed by atoms with E-state index >= 15 is 0 Å². The van der Waals surface area contributed by atoms with E-state index in [2.05, 4.69) is 10.6 Å². The summed E-state index contributed by atoms with van der Waals surface area (Å²) in [6.45, 7) is 2.68. The van der Waals surface area contributed by atoms with E-state index in [1.54, 1.807) is 0 Å². The second-order valence-corrected chi connectivity index (χ2v) is 3.94. The van der Waals surface area contributed by atoms with Crippen LogP contribution in [0.15, 0.2) is 0 Å². The van der Waals surface area contributed by atoms with Crippen LogP contribution in [0.25, 0.3) is 0 Å². The van der Waals surface area contributed by atoms with Gasteiger partial charge in [0.05, 0.1) is 0 Å². The van der Waals surface area contributed by atoms with Crippen LogP contribution in [0.3, 0.4) is 0 Å². The molecule has 1 amide bonds. The van der Waals surface area contributed by atoms with Crippen molar-refractivity contribution in [1.29, 1.82) is 0 Å². The zero-order valence-electron chi connectivity index (χ0n) is 8.53. The SMILES string of the molecule is CC1CC(NC(=O)CC(F)(F)F)CCN1. The van der Waals surface area contributed by atoms with Gasteiger partial charge in [-0.1, -0.05) is 0 Å². The van der Waals surface area contributed by atoms with Crippen molar-refractivity contribution in [1.82, 2.24) is 10.6 Å². The first-order valence-electron chi connectivity index (χ1n) is 4.96. The first-order chi connectivity index (χ1) is 6.87. The van der Waals surface area contributed by atoms with Crippen molar-refractivity contribution in [3.63, 3.8) is 0 Å². The molecule has 6 heteroatoms. The Morgan fingerprint density at radius 1 is 1.53 bits per heavy atom. The summed E-state index contributed by atoms with van der Waals surface area (Å²) in [4.78, 5) is 11.0.